The zero-order valence-corrected chi connectivity index (χ0v) is 13.1. The van der Waals surface area contributed by atoms with E-state index in [2.05, 4.69) is 17.1 Å². The third kappa shape index (κ3) is 2.67. The minimum atomic E-state index is 0.314. The molecule has 6 heteroatoms. The van der Waals surface area contributed by atoms with Crippen molar-refractivity contribution < 1.29 is 4.52 Å². The van der Waals surface area contributed by atoms with Crippen molar-refractivity contribution in [2.75, 3.05) is 17.2 Å². The SMILES string of the molecule is Cc1ccc(-c2nc(C3SCCSC3C)no2)cc1N. The molecule has 1 aliphatic heterocycles. The van der Waals surface area contributed by atoms with Crippen molar-refractivity contribution in [1.29, 1.82) is 0 Å². The molecule has 3 rings (SSSR count). The Morgan fingerprint density at radius 2 is 2.10 bits per heavy atom. The van der Waals surface area contributed by atoms with Gasteiger partial charge in [0.2, 0.25) is 0 Å². The molecule has 2 heterocycles. The molecule has 1 aromatic carbocycles. The lowest BCUT2D eigenvalue weighted by molar-refractivity contribution is 0.422. The second kappa shape index (κ2) is 5.69. The summed E-state index contributed by atoms with van der Waals surface area (Å²) in [4.78, 5) is 4.56. The van der Waals surface area contributed by atoms with Gasteiger partial charge in [-0.15, -0.1) is 11.8 Å². The normalized spacial score (nSPS) is 22.9. The van der Waals surface area contributed by atoms with Crippen LogP contribution in [0.2, 0.25) is 0 Å². The van der Waals surface area contributed by atoms with E-state index in [9.17, 15) is 0 Å². The molecule has 1 fully saturated rings. The molecule has 0 bridgehead atoms. The van der Waals surface area contributed by atoms with Gasteiger partial charge in [0.1, 0.15) is 0 Å². The van der Waals surface area contributed by atoms with Crippen LogP contribution in [0.3, 0.4) is 0 Å². The molecule has 0 radical (unpaired) electrons. The Kier molecular flexibility index (Phi) is 3.94. The molecule has 2 atom stereocenters. The minimum absolute atomic E-state index is 0.314. The van der Waals surface area contributed by atoms with Crippen LogP contribution in [0, 0.1) is 6.92 Å². The molecule has 0 amide bonds. The van der Waals surface area contributed by atoms with Crippen LogP contribution < -0.4 is 5.73 Å². The average molecular weight is 307 g/mol. The van der Waals surface area contributed by atoms with Gasteiger partial charge in [0.25, 0.3) is 5.89 Å². The van der Waals surface area contributed by atoms with Crippen LogP contribution in [0.1, 0.15) is 23.6 Å². The number of thioether (sulfide) groups is 2. The smallest absolute Gasteiger partial charge is 0.258 e. The summed E-state index contributed by atoms with van der Waals surface area (Å²) < 4.78 is 5.41. The van der Waals surface area contributed by atoms with Gasteiger partial charge in [-0.25, -0.2) is 0 Å². The van der Waals surface area contributed by atoms with Gasteiger partial charge < -0.3 is 10.3 Å². The highest BCUT2D eigenvalue weighted by atomic mass is 32.2. The molecule has 0 aliphatic carbocycles. The van der Waals surface area contributed by atoms with Crippen LogP contribution in [-0.2, 0) is 0 Å². The van der Waals surface area contributed by atoms with Gasteiger partial charge in [-0.1, -0.05) is 18.1 Å². The van der Waals surface area contributed by atoms with E-state index in [4.69, 9.17) is 10.3 Å². The molecule has 0 spiro atoms. The van der Waals surface area contributed by atoms with Crippen LogP contribution in [0.4, 0.5) is 5.69 Å². The highest BCUT2D eigenvalue weighted by molar-refractivity contribution is 8.06. The van der Waals surface area contributed by atoms with Gasteiger partial charge in [0.15, 0.2) is 5.82 Å². The van der Waals surface area contributed by atoms with Gasteiger partial charge in [0, 0.05) is 28.0 Å². The van der Waals surface area contributed by atoms with Crippen molar-refractivity contribution in [2.45, 2.75) is 24.3 Å². The number of benzene rings is 1. The highest BCUT2D eigenvalue weighted by Crippen LogP contribution is 2.41. The van der Waals surface area contributed by atoms with Crippen molar-refractivity contribution in [3.8, 4) is 11.5 Å². The molecular formula is C14H17N3OS2. The molecule has 1 aromatic heterocycles. The Balaban J connectivity index is 1.87. The molecule has 2 N–H and O–H groups in total. The fraction of sp³-hybridized carbons (Fsp3) is 0.429. The number of aromatic nitrogens is 2. The molecule has 1 saturated heterocycles. The molecule has 4 nitrogen and oxygen atoms in total. The topological polar surface area (TPSA) is 64.9 Å². The Morgan fingerprint density at radius 3 is 2.85 bits per heavy atom. The Hall–Kier alpha value is -1.14. The Morgan fingerprint density at radius 1 is 1.30 bits per heavy atom. The van der Waals surface area contributed by atoms with Crippen LogP contribution >= 0.6 is 23.5 Å². The van der Waals surface area contributed by atoms with Gasteiger partial charge in [-0.05, 0) is 24.6 Å². The number of nitrogen functional groups attached to an aromatic ring is 1. The van der Waals surface area contributed by atoms with Crippen LogP contribution in [-0.4, -0.2) is 26.9 Å². The minimum Gasteiger partial charge on any atom is -0.398 e. The van der Waals surface area contributed by atoms with Gasteiger partial charge in [-0.3, -0.25) is 0 Å². The van der Waals surface area contributed by atoms with Crippen molar-refractivity contribution >= 4 is 29.2 Å². The van der Waals surface area contributed by atoms with Crippen LogP contribution in [0.5, 0.6) is 0 Å². The number of rotatable bonds is 2. The molecule has 0 saturated carbocycles. The summed E-state index contributed by atoms with van der Waals surface area (Å²) in [6, 6.07) is 5.83. The van der Waals surface area contributed by atoms with E-state index < -0.39 is 0 Å². The van der Waals surface area contributed by atoms with E-state index in [0.717, 1.165) is 28.4 Å². The van der Waals surface area contributed by atoms with E-state index in [1.807, 2.05) is 48.6 Å². The number of nitrogens with two attached hydrogens (primary N) is 1. The maximum absolute atomic E-state index is 5.93. The first kappa shape index (κ1) is 13.8. The predicted molar refractivity (Wildman–Crippen MR) is 86.0 cm³/mol. The lowest BCUT2D eigenvalue weighted by Gasteiger charge is -2.24. The molecule has 20 heavy (non-hydrogen) atoms. The van der Waals surface area contributed by atoms with E-state index in [1.54, 1.807) is 0 Å². The zero-order valence-electron chi connectivity index (χ0n) is 11.5. The zero-order chi connectivity index (χ0) is 14.1. The summed E-state index contributed by atoms with van der Waals surface area (Å²) in [5, 5.41) is 4.99. The maximum atomic E-state index is 5.93. The number of anilines is 1. The summed E-state index contributed by atoms with van der Waals surface area (Å²) in [5.74, 6) is 3.68. The monoisotopic (exact) mass is 307 g/mol. The molecule has 2 aromatic rings. The molecular weight excluding hydrogens is 290 g/mol. The first-order valence-corrected chi connectivity index (χ1v) is 8.68. The second-order valence-corrected chi connectivity index (χ2v) is 7.63. The lowest BCUT2D eigenvalue weighted by Crippen LogP contribution is -2.16. The van der Waals surface area contributed by atoms with E-state index in [-0.39, 0.29) is 0 Å². The highest BCUT2D eigenvalue weighted by Gasteiger charge is 2.28. The summed E-state index contributed by atoms with van der Waals surface area (Å²) in [5.41, 5.74) is 8.62. The number of nitrogens with zero attached hydrogens (tertiary/aromatic N) is 2. The second-order valence-electron chi connectivity index (χ2n) is 4.90. The van der Waals surface area contributed by atoms with Crippen LogP contribution in [0.15, 0.2) is 22.7 Å². The standard InChI is InChI=1S/C14H17N3OS2/c1-8-3-4-10(7-11(8)15)14-16-13(17-18-14)12-9(2)19-5-6-20-12/h3-4,7,9,12H,5-6,15H2,1-2H3. The fourth-order valence-electron chi connectivity index (χ4n) is 2.16. The summed E-state index contributed by atoms with van der Waals surface area (Å²) >= 11 is 3.88. The molecule has 2 unspecified atom stereocenters. The van der Waals surface area contributed by atoms with Gasteiger partial charge >= 0.3 is 0 Å². The Bertz CT molecular complexity index is 614. The van der Waals surface area contributed by atoms with E-state index in [0.29, 0.717) is 16.4 Å². The van der Waals surface area contributed by atoms with Crippen molar-refractivity contribution in [2.24, 2.45) is 0 Å². The number of hydrogen-bond donors (Lipinski definition) is 1. The average Bonchev–Trinajstić information content (AvgIpc) is 2.92. The predicted octanol–water partition coefficient (Wildman–Crippen LogP) is 3.54. The summed E-state index contributed by atoms with van der Waals surface area (Å²) in [7, 11) is 0. The first-order chi connectivity index (χ1) is 9.65. The maximum Gasteiger partial charge on any atom is 0.258 e. The van der Waals surface area contributed by atoms with E-state index in [1.165, 1.54) is 5.75 Å². The summed E-state index contributed by atoms with van der Waals surface area (Å²) in [6.07, 6.45) is 0. The van der Waals surface area contributed by atoms with Gasteiger partial charge in [-0.2, -0.15) is 16.7 Å². The summed E-state index contributed by atoms with van der Waals surface area (Å²) in [6.45, 7) is 4.21. The van der Waals surface area contributed by atoms with Crippen molar-refractivity contribution in [1.82, 2.24) is 10.1 Å². The first-order valence-electron chi connectivity index (χ1n) is 6.58. The van der Waals surface area contributed by atoms with Crippen molar-refractivity contribution in [3.63, 3.8) is 0 Å². The Labute approximate surface area is 126 Å². The number of aryl methyl sites for hydroxylation is 1. The third-order valence-corrected chi connectivity index (χ3v) is 6.50. The lowest BCUT2D eigenvalue weighted by atomic mass is 10.1. The van der Waals surface area contributed by atoms with Crippen LogP contribution in [0.25, 0.3) is 11.5 Å². The fourth-order valence-corrected chi connectivity index (χ4v) is 4.84. The quantitative estimate of drug-likeness (QED) is 0.856. The largest absolute Gasteiger partial charge is 0.398 e. The third-order valence-electron chi connectivity index (χ3n) is 3.41. The van der Waals surface area contributed by atoms with Crippen molar-refractivity contribution in [3.05, 3.63) is 29.6 Å². The molecule has 106 valence electrons. The van der Waals surface area contributed by atoms with E-state index >= 15 is 0 Å². The van der Waals surface area contributed by atoms with Gasteiger partial charge in [0.05, 0.1) is 5.25 Å². The molecule has 1 aliphatic rings. The number of hydrogen-bond acceptors (Lipinski definition) is 6.